The second kappa shape index (κ2) is 9.87. The van der Waals surface area contributed by atoms with Crippen LogP contribution in [-0.2, 0) is 4.79 Å². The Labute approximate surface area is 155 Å². The summed E-state index contributed by atoms with van der Waals surface area (Å²) < 4.78 is 0. The van der Waals surface area contributed by atoms with Gasteiger partial charge in [-0.25, -0.2) is 0 Å². The molecule has 0 aliphatic rings. The largest absolute Gasteiger partial charge is 0.348 e. The summed E-state index contributed by atoms with van der Waals surface area (Å²) in [5.41, 5.74) is 5.77. The Morgan fingerprint density at radius 2 is 1.75 bits per heavy atom. The fourth-order valence-corrected chi connectivity index (χ4v) is 2.56. The van der Waals surface area contributed by atoms with Crippen LogP contribution in [0.5, 0.6) is 0 Å². The Bertz CT molecular complexity index is 549. The number of halogens is 2. The number of rotatable bonds is 7. The van der Waals surface area contributed by atoms with Gasteiger partial charge in [0.25, 0.3) is 5.91 Å². The third-order valence-electron chi connectivity index (χ3n) is 3.58. The fourth-order valence-electron chi connectivity index (χ4n) is 2.44. The van der Waals surface area contributed by atoms with Gasteiger partial charge in [-0.15, -0.1) is 12.4 Å². The third-order valence-corrected chi connectivity index (χ3v) is 3.83. The zero-order valence-electron chi connectivity index (χ0n) is 14.6. The van der Waals surface area contributed by atoms with Gasteiger partial charge in [0.1, 0.15) is 6.04 Å². The van der Waals surface area contributed by atoms with Crippen molar-refractivity contribution in [3.05, 3.63) is 34.9 Å². The number of hydrogen-bond acceptors (Lipinski definition) is 3. The number of benzene rings is 1. The number of nitrogens with one attached hydrogen (secondary N) is 2. The summed E-state index contributed by atoms with van der Waals surface area (Å²) in [5.74, 6) is -0.161. The molecule has 24 heavy (non-hydrogen) atoms. The first-order valence-corrected chi connectivity index (χ1v) is 8.13. The molecule has 2 atom stereocenters. The lowest BCUT2D eigenvalue weighted by Gasteiger charge is -2.32. The lowest BCUT2D eigenvalue weighted by molar-refractivity contribution is -0.124. The standard InChI is InChI=1S/C17H26ClN3O2.ClH/c1-11(2)9-17(4,10-19)21-15(22)12(3)20-16(23)13-5-7-14(18)8-6-13;/h5-8,11-12H,9-10,19H2,1-4H3,(H,20,23)(H,21,22);1H. The van der Waals surface area contributed by atoms with Crippen LogP contribution in [-0.4, -0.2) is 29.9 Å². The smallest absolute Gasteiger partial charge is 0.251 e. The number of amides is 2. The molecule has 0 saturated heterocycles. The van der Waals surface area contributed by atoms with E-state index < -0.39 is 11.6 Å². The van der Waals surface area contributed by atoms with Crippen LogP contribution in [0.1, 0.15) is 44.5 Å². The van der Waals surface area contributed by atoms with Gasteiger partial charge in [-0.05, 0) is 50.5 Å². The van der Waals surface area contributed by atoms with Gasteiger partial charge in [-0.2, -0.15) is 0 Å². The number of carbonyl (C=O) groups is 2. The number of carbonyl (C=O) groups excluding carboxylic acids is 2. The van der Waals surface area contributed by atoms with Gasteiger partial charge in [0.05, 0.1) is 0 Å². The molecule has 0 heterocycles. The molecule has 0 aromatic heterocycles. The first kappa shape index (κ1) is 22.7. The van der Waals surface area contributed by atoms with Crippen LogP contribution in [0.4, 0.5) is 0 Å². The molecule has 5 nitrogen and oxygen atoms in total. The van der Waals surface area contributed by atoms with Crippen LogP contribution in [0.25, 0.3) is 0 Å². The second-order valence-corrected chi connectivity index (χ2v) is 6.99. The predicted molar refractivity (Wildman–Crippen MR) is 101 cm³/mol. The predicted octanol–water partition coefficient (Wildman–Crippen LogP) is 2.76. The molecular weight excluding hydrogens is 349 g/mol. The zero-order chi connectivity index (χ0) is 17.6. The molecule has 7 heteroatoms. The SMILES string of the molecule is CC(C)CC(C)(CN)NC(=O)C(C)NC(=O)c1ccc(Cl)cc1.Cl. The highest BCUT2D eigenvalue weighted by atomic mass is 35.5. The van der Waals surface area contributed by atoms with Gasteiger partial charge in [-0.1, -0.05) is 25.4 Å². The summed E-state index contributed by atoms with van der Waals surface area (Å²) in [5, 5.41) is 6.18. The molecule has 0 fully saturated rings. The lowest BCUT2D eigenvalue weighted by Crippen LogP contribution is -2.57. The Hall–Kier alpha value is -1.30. The van der Waals surface area contributed by atoms with E-state index in [1.165, 1.54) is 0 Å². The molecule has 0 saturated carbocycles. The van der Waals surface area contributed by atoms with E-state index in [9.17, 15) is 9.59 Å². The van der Waals surface area contributed by atoms with Crippen molar-refractivity contribution in [3.8, 4) is 0 Å². The van der Waals surface area contributed by atoms with Crippen molar-refractivity contribution in [3.63, 3.8) is 0 Å². The van der Waals surface area contributed by atoms with Crippen molar-refractivity contribution >= 4 is 35.8 Å². The number of hydrogen-bond donors (Lipinski definition) is 3. The molecule has 0 bridgehead atoms. The maximum Gasteiger partial charge on any atom is 0.251 e. The highest BCUT2D eigenvalue weighted by molar-refractivity contribution is 6.30. The summed E-state index contributed by atoms with van der Waals surface area (Å²) in [6.45, 7) is 8.06. The van der Waals surface area contributed by atoms with E-state index in [1.54, 1.807) is 31.2 Å². The minimum absolute atomic E-state index is 0. The van der Waals surface area contributed by atoms with Gasteiger partial charge >= 0.3 is 0 Å². The van der Waals surface area contributed by atoms with Crippen LogP contribution in [0.15, 0.2) is 24.3 Å². The maximum absolute atomic E-state index is 12.3. The molecule has 0 aliphatic carbocycles. The molecule has 0 radical (unpaired) electrons. The third kappa shape index (κ3) is 7.07. The first-order valence-electron chi connectivity index (χ1n) is 7.75. The molecule has 4 N–H and O–H groups in total. The van der Waals surface area contributed by atoms with Gasteiger partial charge in [0.2, 0.25) is 5.91 Å². The average molecular weight is 376 g/mol. The topological polar surface area (TPSA) is 84.2 Å². The Morgan fingerprint density at radius 3 is 2.21 bits per heavy atom. The Balaban J connectivity index is 0.00000529. The van der Waals surface area contributed by atoms with Gasteiger partial charge in [-0.3, -0.25) is 9.59 Å². The maximum atomic E-state index is 12.3. The summed E-state index contributed by atoms with van der Waals surface area (Å²) in [6, 6.07) is 5.84. The summed E-state index contributed by atoms with van der Waals surface area (Å²) in [4.78, 5) is 24.4. The van der Waals surface area contributed by atoms with Crippen LogP contribution < -0.4 is 16.4 Å². The van der Waals surface area contributed by atoms with Crippen molar-refractivity contribution in [2.24, 2.45) is 11.7 Å². The van der Waals surface area contributed by atoms with Crippen LogP contribution in [0, 0.1) is 5.92 Å². The van der Waals surface area contributed by atoms with Crippen molar-refractivity contribution in [2.45, 2.75) is 45.7 Å². The van der Waals surface area contributed by atoms with E-state index in [1.807, 2.05) is 6.92 Å². The fraction of sp³-hybridized carbons (Fsp3) is 0.529. The summed E-state index contributed by atoms with van der Waals surface area (Å²) in [6.07, 6.45) is 0.771. The normalized spacial score (nSPS) is 14.3. The van der Waals surface area contributed by atoms with E-state index in [0.717, 1.165) is 6.42 Å². The first-order chi connectivity index (χ1) is 10.7. The van der Waals surface area contributed by atoms with Crippen molar-refractivity contribution in [1.82, 2.24) is 10.6 Å². The van der Waals surface area contributed by atoms with E-state index in [2.05, 4.69) is 24.5 Å². The van der Waals surface area contributed by atoms with E-state index in [0.29, 0.717) is 23.0 Å². The highest BCUT2D eigenvalue weighted by Crippen LogP contribution is 2.15. The molecule has 2 unspecified atom stereocenters. The molecule has 136 valence electrons. The molecule has 0 spiro atoms. The van der Waals surface area contributed by atoms with Crippen molar-refractivity contribution < 1.29 is 9.59 Å². The molecule has 2 amide bonds. The van der Waals surface area contributed by atoms with Crippen molar-refractivity contribution in [2.75, 3.05) is 6.54 Å². The van der Waals surface area contributed by atoms with E-state index in [-0.39, 0.29) is 24.2 Å². The number of nitrogens with two attached hydrogens (primary N) is 1. The Morgan fingerprint density at radius 1 is 1.21 bits per heavy atom. The van der Waals surface area contributed by atoms with Crippen LogP contribution in [0.3, 0.4) is 0 Å². The van der Waals surface area contributed by atoms with Gasteiger partial charge < -0.3 is 16.4 Å². The molecule has 1 aromatic rings. The van der Waals surface area contributed by atoms with Crippen LogP contribution in [0.2, 0.25) is 5.02 Å². The van der Waals surface area contributed by atoms with E-state index >= 15 is 0 Å². The summed E-state index contributed by atoms with van der Waals surface area (Å²) >= 11 is 5.79. The van der Waals surface area contributed by atoms with Crippen molar-refractivity contribution in [1.29, 1.82) is 0 Å². The summed E-state index contributed by atoms with van der Waals surface area (Å²) in [7, 11) is 0. The molecular formula is C17H27Cl2N3O2. The van der Waals surface area contributed by atoms with Gasteiger partial charge in [0, 0.05) is 22.7 Å². The van der Waals surface area contributed by atoms with Crippen LogP contribution >= 0.6 is 24.0 Å². The average Bonchev–Trinajstić information content (AvgIpc) is 2.46. The monoisotopic (exact) mass is 375 g/mol. The zero-order valence-corrected chi connectivity index (χ0v) is 16.1. The molecule has 1 aromatic carbocycles. The Kier molecular flexibility index (Phi) is 9.33. The lowest BCUT2D eigenvalue weighted by atomic mass is 9.90. The quantitative estimate of drug-likeness (QED) is 0.684. The minimum atomic E-state index is -0.656. The van der Waals surface area contributed by atoms with E-state index in [4.69, 9.17) is 17.3 Å². The molecule has 0 aliphatic heterocycles. The molecule has 1 rings (SSSR count). The van der Waals surface area contributed by atoms with Gasteiger partial charge in [0.15, 0.2) is 0 Å². The minimum Gasteiger partial charge on any atom is -0.348 e. The highest BCUT2D eigenvalue weighted by Gasteiger charge is 2.28. The second-order valence-electron chi connectivity index (χ2n) is 6.55.